The van der Waals surface area contributed by atoms with Crippen LogP contribution in [0.3, 0.4) is 0 Å². The van der Waals surface area contributed by atoms with Crippen LogP contribution in [0.2, 0.25) is 0 Å². The average Bonchev–Trinajstić information content (AvgIpc) is 3.84. The van der Waals surface area contributed by atoms with Gasteiger partial charge in [-0.1, -0.05) is 6.92 Å². The van der Waals surface area contributed by atoms with Crippen LogP contribution < -0.4 is 44.9 Å². The number of alkyl halides is 9. The minimum atomic E-state index is -5.05. The van der Waals surface area contributed by atoms with E-state index in [0.717, 1.165) is 23.1 Å². The Labute approximate surface area is 301 Å². The van der Waals surface area contributed by atoms with Crippen molar-refractivity contribution in [1.29, 1.82) is 0 Å². The molecule has 18 heteroatoms. The maximum absolute atomic E-state index is 13.8. The molecule has 3 aromatic rings. The van der Waals surface area contributed by atoms with Crippen LogP contribution in [0, 0.1) is 0 Å². The van der Waals surface area contributed by atoms with Gasteiger partial charge in [0.25, 0.3) is 0 Å². The fourth-order valence-corrected chi connectivity index (χ4v) is 5.80. The topological polar surface area (TPSA) is 107 Å². The van der Waals surface area contributed by atoms with Crippen LogP contribution >= 0.6 is 0 Å². The fourth-order valence-electron chi connectivity index (χ4n) is 5.80. The standard InChI is InChI=1S/C32H29F9N4O4.Na/c1-2-21-14-25(22-13-18(30(33,34)35)5-6-26(22)45(21)29(48)49-8-7-27(46)47)44-28-42-15-23(17-3-4-17)24(43-28)11-16-9-19(31(36,37)38)12-20(10-16)32(39,40)41;/h5-6,9-10,12-13,15,17,21,25H,2-4,7-8,11,14H2,1H3,(H,46,47)(H,42,43,44);/q;+1/p-1/t21-,25+;/m1./s1. The molecule has 1 saturated carbocycles. The molecular weight excluding hydrogens is 698 g/mol. The van der Waals surface area contributed by atoms with E-state index in [1.807, 2.05) is 0 Å². The molecule has 50 heavy (non-hydrogen) atoms. The number of nitrogens with zero attached hydrogens (tertiary/aromatic N) is 3. The first-order valence-electron chi connectivity index (χ1n) is 15.1. The van der Waals surface area contributed by atoms with Gasteiger partial charge in [0, 0.05) is 31.0 Å². The Hall–Kier alpha value is -3.57. The van der Waals surface area contributed by atoms with Crippen molar-refractivity contribution >= 4 is 23.7 Å². The second-order valence-corrected chi connectivity index (χ2v) is 11.8. The van der Waals surface area contributed by atoms with E-state index in [4.69, 9.17) is 4.74 Å². The maximum atomic E-state index is 13.8. The smallest absolute Gasteiger partial charge is 0.550 e. The Kier molecular flexibility index (Phi) is 11.7. The Balaban J connectivity index is 0.00000562. The Bertz CT molecular complexity index is 1700. The van der Waals surface area contributed by atoms with Gasteiger partial charge in [0.2, 0.25) is 5.95 Å². The molecule has 2 heterocycles. The Morgan fingerprint density at radius 2 is 1.54 bits per heavy atom. The molecule has 0 spiro atoms. The second-order valence-electron chi connectivity index (χ2n) is 11.8. The summed E-state index contributed by atoms with van der Waals surface area (Å²) in [5.74, 6) is -1.68. The maximum Gasteiger partial charge on any atom is 1.00 e. The van der Waals surface area contributed by atoms with E-state index in [1.165, 1.54) is 6.20 Å². The molecule has 1 aliphatic heterocycles. The third-order valence-electron chi connectivity index (χ3n) is 8.30. The van der Waals surface area contributed by atoms with E-state index < -0.39 is 78.8 Å². The number of carbonyl (C=O) groups is 2. The molecular formula is C32H28F9N4NaO4. The summed E-state index contributed by atoms with van der Waals surface area (Å²) >= 11 is 0. The zero-order chi connectivity index (χ0) is 35.9. The van der Waals surface area contributed by atoms with E-state index in [2.05, 4.69) is 15.3 Å². The molecule has 1 N–H and O–H groups in total. The van der Waals surface area contributed by atoms with Gasteiger partial charge in [0.1, 0.15) is 0 Å². The van der Waals surface area contributed by atoms with Gasteiger partial charge in [0.05, 0.1) is 40.7 Å². The molecule has 2 aromatic carbocycles. The SMILES string of the molecule is CC[C@@H]1C[C@H](Nc2ncc(C3CC3)c(Cc3cc(C(F)(F)F)cc(C(F)(F)F)c3)n2)c2cc(C(F)(F)F)ccc2N1C(=O)OCCC(=O)[O-].[Na+]. The number of carbonyl (C=O) groups excluding carboxylic acids is 2. The molecule has 0 unspecified atom stereocenters. The van der Waals surface area contributed by atoms with Crippen molar-refractivity contribution in [2.75, 3.05) is 16.8 Å². The summed E-state index contributed by atoms with van der Waals surface area (Å²) in [6.45, 7) is 1.17. The first-order chi connectivity index (χ1) is 22.8. The van der Waals surface area contributed by atoms with E-state index in [9.17, 15) is 54.2 Å². The van der Waals surface area contributed by atoms with Crippen molar-refractivity contribution in [3.05, 3.63) is 81.7 Å². The number of nitrogens with one attached hydrogen (secondary N) is 1. The van der Waals surface area contributed by atoms with Crippen LogP contribution in [0.4, 0.5) is 55.9 Å². The Morgan fingerprint density at radius 3 is 2.08 bits per heavy atom. The average molecular weight is 727 g/mol. The summed E-state index contributed by atoms with van der Waals surface area (Å²) in [7, 11) is 0. The third kappa shape index (κ3) is 9.20. The minimum absolute atomic E-state index is 0. The van der Waals surface area contributed by atoms with Crippen LogP contribution in [0.25, 0.3) is 0 Å². The number of hydrogen-bond acceptors (Lipinski definition) is 7. The van der Waals surface area contributed by atoms with Crippen LogP contribution in [0.1, 0.15) is 90.1 Å². The van der Waals surface area contributed by atoms with Crippen molar-refractivity contribution < 1.29 is 88.5 Å². The first-order valence-corrected chi connectivity index (χ1v) is 15.1. The number of fused-ring (bicyclic) bond motifs is 1. The van der Waals surface area contributed by atoms with Gasteiger partial charge in [-0.3, -0.25) is 4.90 Å². The van der Waals surface area contributed by atoms with Crippen molar-refractivity contribution in [2.45, 2.75) is 82.0 Å². The molecule has 1 fully saturated rings. The van der Waals surface area contributed by atoms with Gasteiger partial charge in [-0.05, 0) is 84.7 Å². The van der Waals surface area contributed by atoms with E-state index in [1.54, 1.807) is 6.92 Å². The van der Waals surface area contributed by atoms with Gasteiger partial charge in [0.15, 0.2) is 0 Å². The minimum Gasteiger partial charge on any atom is -0.550 e. The number of amides is 1. The van der Waals surface area contributed by atoms with E-state index >= 15 is 0 Å². The normalized spacial score (nSPS) is 17.8. The molecule has 0 radical (unpaired) electrons. The van der Waals surface area contributed by atoms with Gasteiger partial charge in [-0.15, -0.1) is 0 Å². The number of ether oxygens (including phenoxy) is 1. The molecule has 2 aliphatic rings. The van der Waals surface area contributed by atoms with Crippen molar-refractivity contribution in [1.82, 2.24) is 9.97 Å². The van der Waals surface area contributed by atoms with Gasteiger partial charge < -0.3 is 20.0 Å². The van der Waals surface area contributed by atoms with Gasteiger partial charge >= 0.3 is 54.2 Å². The quantitative estimate of drug-likeness (QED) is 0.257. The monoisotopic (exact) mass is 726 g/mol. The summed E-state index contributed by atoms with van der Waals surface area (Å²) in [5.41, 5.74) is -3.58. The summed E-state index contributed by atoms with van der Waals surface area (Å²) in [5, 5.41) is 13.8. The summed E-state index contributed by atoms with van der Waals surface area (Å²) in [6, 6.07) is 2.35. The number of halogens is 9. The molecule has 1 aliphatic carbocycles. The summed E-state index contributed by atoms with van der Waals surface area (Å²) in [4.78, 5) is 33.7. The zero-order valence-corrected chi connectivity index (χ0v) is 28.6. The van der Waals surface area contributed by atoms with Gasteiger partial charge in [-0.2, -0.15) is 39.5 Å². The predicted octanol–water partition coefficient (Wildman–Crippen LogP) is 4.42. The fraction of sp³-hybridized carbons (Fsp3) is 0.438. The number of benzene rings is 2. The molecule has 1 aromatic heterocycles. The molecule has 264 valence electrons. The third-order valence-corrected chi connectivity index (χ3v) is 8.30. The number of carboxylic acid groups (broad SMARTS) is 1. The van der Waals surface area contributed by atoms with Crippen LogP contribution in [-0.2, 0) is 34.5 Å². The number of aliphatic carboxylic acids is 1. The van der Waals surface area contributed by atoms with Crippen molar-refractivity contribution in [2.24, 2.45) is 0 Å². The van der Waals surface area contributed by atoms with Crippen LogP contribution in [0.5, 0.6) is 0 Å². The van der Waals surface area contributed by atoms with Gasteiger partial charge in [-0.25, -0.2) is 14.8 Å². The number of rotatable bonds is 9. The number of hydrogen-bond donors (Lipinski definition) is 1. The molecule has 5 rings (SSSR count). The zero-order valence-electron chi connectivity index (χ0n) is 26.6. The van der Waals surface area contributed by atoms with E-state index in [0.29, 0.717) is 30.5 Å². The first kappa shape index (κ1) is 39.2. The number of anilines is 2. The molecule has 0 bridgehead atoms. The molecule has 8 nitrogen and oxygen atoms in total. The summed E-state index contributed by atoms with van der Waals surface area (Å²) in [6.07, 6.45) is -13.8. The van der Waals surface area contributed by atoms with Crippen molar-refractivity contribution in [3.8, 4) is 0 Å². The molecule has 1 amide bonds. The molecule has 2 atom stereocenters. The van der Waals surface area contributed by atoms with Crippen molar-refractivity contribution in [3.63, 3.8) is 0 Å². The van der Waals surface area contributed by atoms with Crippen LogP contribution in [0.15, 0.2) is 42.6 Å². The Morgan fingerprint density at radius 1 is 0.920 bits per heavy atom. The van der Waals surface area contributed by atoms with Crippen LogP contribution in [-0.4, -0.2) is 34.7 Å². The number of aromatic nitrogens is 2. The molecule has 0 saturated heterocycles. The summed E-state index contributed by atoms with van der Waals surface area (Å²) < 4.78 is 128. The predicted molar refractivity (Wildman–Crippen MR) is 153 cm³/mol. The largest absolute Gasteiger partial charge is 1.00 e. The number of carboxylic acids is 1. The second kappa shape index (κ2) is 15.0. The van der Waals surface area contributed by atoms with E-state index in [-0.39, 0.29) is 82.8 Å².